The maximum atomic E-state index is 12.4. The molecule has 2 fully saturated rings. The molecule has 27 heavy (non-hydrogen) atoms. The van der Waals surface area contributed by atoms with Crippen LogP contribution in [0.3, 0.4) is 0 Å². The number of carbonyl (C=O) groups is 3. The summed E-state index contributed by atoms with van der Waals surface area (Å²) in [5.74, 6) is 0.753. The number of piperazine rings is 1. The lowest BCUT2D eigenvalue weighted by Crippen LogP contribution is -2.53. The van der Waals surface area contributed by atoms with Crippen molar-refractivity contribution in [3.63, 3.8) is 0 Å². The third kappa shape index (κ3) is 7.77. The Hall–Kier alpha value is -1.79. The minimum atomic E-state index is -0.217. The van der Waals surface area contributed by atoms with Gasteiger partial charge in [0.05, 0.1) is 7.11 Å². The molecule has 1 N–H and O–H groups in total. The summed E-state index contributed by atoms with van der Waals surface area (Å²) in [5.41, 5.74) is 0. The Bertz CT molecular complexity index is 484. The number of nitrogens with one attached hydrogen (secondary N) is 1. The van der Waals surface area contributed by atoms with Gasteiger partial charge >= 0.3 is 12.0 Å². The van der Waals surface area contributed by atoms with Crippen molar-refractivity contribution < 1.29 is 19.1 Å². The van der Waals surface area contributed by atoms with Gasteiger partial charge in [0.1, 0.15) is 0 Å². The Balaban J connectivity index is 1.56. The number of carbonyl (C=O) groups excluding carboxylic acids is 3. The van der Waals surface area contributed by atoms with Gasteiger partial charge in [-0.25, -0.2) is 4.79 Å². The van der Waals surface area contributed by atoms with E-state index in [0.717, 1.165) is 18.8 Å². The number of hydrogen-bond donors (Lipinski definition) is 1. The van der Waals surface area contributed by atoms with Gasteiger partial charge in [-0.1, -0.05) is 32.1 Å². The van der Waals surface area contributed by atoms with Crippen molar-refractivity contribution in [3.05, 3.63) is 0 Å². The molecule has 0 aromatic heterocycles. The van der Waals surface area contributed by atoms with E-state index in [2.05, 4.69) is 10.1 Å². The Labute approximate surface area is 162 Å². The van der Waals surface area contributed by atoms with Crippen LogP contribution in [-0.2, 0) is 14.3 Å². The third-order valence-corrected chi connectivity index (χ3v) is 5.72. The second-order valence-electron chi connectivity index (χ2n) is 7.68. The van der Waals surface area contributed by atoms with E-state index < -0.39 is 0 Å². The SMILES string of the molecule is COC(=O)CCCCNC(=O)N1CCN(C(=O)CCC2CCCCC2)CC1. The average molecular weight is 382 g/mol. The molecule has 0 unspecified atom stereocenters. The number of unbranched alkanes of at least 4 members (excludes halogenated alkanes) is 1. The first-order chi connectivity index (χ1) is 13.1. The molecule has 0 aromatic carbocycles. The maximum Gasteiger partial charge on any atom is 0.317 e. The van der Waals surface area contributed by atoms with Crippen LogP contribution >= 0.6 is 0 Å². The number of rotatable bonds is 8. The topological polar surface area (TPSA) is 79.0 Å². The van der Waals surface area contributed by atoms with Crippen molar-refractivity contribution in [2.75, 3.05) is 39.8 Å². The van der Waals surface area contributed by atoms with Crippen molar-refractivity contribution in [2.24, 2.45) is 5.92 Å². The number of amides is 3. The van der Waals surface area contributed by atoms with Gasteiger partial charge in [-0.15, -0.1) is 0 Å². The van der Waals surface area contributed by atoms with E-state index in [1.807, 2.05) is 4.90 Å². The molecule has 1 aliphatic carbocycles. The molecule has 1 saturated heterocycles. The van der Waals surface area contributed by atoms with E-state index in [1.165, 1.54) is 39.2 Å². The summed E-state index contributed by atoms with van der Waals surface area (Å²) in [4.78, 5) is 39.3. The lowest BCUT2D eigenvalue weighted by atomic mass is 9.86. The highest BCUT2D eigenvalue weighted by Crippen LogP contribution is 2.27. The van der Waals surface area contributed by atoms with Gasteiger partial charge < -0.3 is 19.9 Å². The van der Waals surface area contributed by atoms with Crippen molar-refractivity contribution in [1.29, 1.82) is 0 Å². The summed E-state index contributed by atoms with van der Waals surface area (Å²) >= 11 is 0. The van der Waals surface area contributed by atoms with Crippen LogP contribution in [0.5, 0.6) is 0 Å². The average Bonchev–Trinajstić information content (AvgIpc) is 2.72. The molecule has 3 amide bonds. The molecule has 0 radical (unpaired) electrons. The summed E-state index contributed by atoms with van der Waals surface area (Å²) in [6.45, 7) is 2.97. The highest BCUT2D eigenvalue weighted by atomic mass is 16.5. The lowest BCUT2D eigenvalue weighted by molar-refractivity contribution is -0.140. The highest BCUT2D eigenvalue weighted by Gasteiger charge is 2.24. The highest BCUT2D eigenvalue weighted by molar-refractivity contribution is 5.77. The number of hydrogen-bond acceptors (Lipinski definition) is 4. The molecule has 7 heteroatoms. The smallest absolute Gasteiger partial charge is 0.317 e. The first-order valence-electron chi connectivity index (χ1n) is 10.5. The van der Waals surface area contributed by atoms with Gasteiger partial charge in [-0.2, -0.15) is 0 Å². The van der Waals surface area contributed by atoms with Crippen LogP contribution in [-0.4, -0.2) is 67.5 Å². The number of methoxy groups -OCH3 is 1. The van der Waals surface area contributed by atoms with Gasteiger partial charge in [0.25, 0.3) is 0 Å². The molecule has 0 spiro atoms. The van der Waals surface area contributed by atoms with Crippen LogP contribution in [0.25, 0.3) is 0 Å². The van der Waals surface area contributed by atoms with Crippen molar-refractivity contribution in [2.45, 2.75) is 64.2 Å². The van der Waals surface area contributed by atoms with E-state index in [4.69, 9.17) is 0 Å². The summed E-state index contributed by atoms with van der Waals surface area (Å²) < 4.78 is 4.59. The van der Waals surface area contributed by atoms with Crippen molar-refractivity contribution in [3.8, 4) is 0 Å². The summed E-state index contributed by atoms with van der Waals surface area (Å²) in [6, 6.07) is -0.0811. The minimum absolute atomic E-state index is 0.0811. The number of urea groups is 1. The Morgan fingerprint density at radius 3 is 2.26 bits per heavy atom. The van der Waals surface area contributed by atoms with Gasteiger partial charge in [0, 0.05) is 45.6 Å². The molecule has 154 valence electrons. The Morgan fingerprint density at radius 1 is 0.926 bits per heavy atom. The zero-order chi connectivity index (χ0) is 19.5. The molecule has 1 heterocycles. The van der Waals surface area contributed by atoms with Crippen LogP contribution in [0.15, 0.2) is 0 Å². The molecule has 7 nitrogen and oxygen atoms in total. The van der Waals surface area contributed by atoms with E-state index >= 15 is 0 Å². The molecule has 2 aliphatic rings. The second kappa shape index (κ2) is 11.8. The predicted molar refractivity (Wildman–Crippen MR) is 103 cm³/mol. The van der Waals surface area contributed by atoms with E-state index in [-0.39, 0.29) is 17.9 Å². The fourth-order valence-electron chi connectivity index (χ4n) is 3.92. The third-order valence-electron chi connectivity index (χ3n) is 5.72. The van der Waals surface area contributed by atoms with Crippen LogP contribution < -0.4 is 5.32 Å². The molecule has 0 aromatic rings. The summed E-state index contributed by atoms with van der Waals surface area (Å²) in [6.07, 6.45) is 10.0. The van der Waals surface area contributed by atoms with Gasteiger partial charge in [-0.05, 0) is 25.2 Å². The number of esters is 1. The normalized spacial score (nSPS) is 18.3. The fourth-order valence-corrected chi connectivity index (χ4v) is 3.92. The first kappa shape index (κ1) is 21.5. The zero-order valence-electron chi connectivity index (χ0n) is 16.7. The molecular formula is C20H35N3O4. The van der Waals surface area contributed by atoms with Crippen molar-refractivity contribution >= 4 is 17.9 Å². The van der Waals surface area contributed by atoms with E-state index in [9.17, 15) is 14.4 Å². The van der Waals surface area contributed by atoms with E-state index in [1.54, 1.807) is 4.90 Å². The Kier molecular flexibility index (Phi) is 9.42. The molecular weight excluding hydrogens is 346 g/mol. The predicted octanol–water partition coefficient (Wildman–Crippen LogP) is 2.54. The first-order valence-corrected chi connectivity index (χ1v) is 10.5. The van der Waals surface area contributed by atoms with Crippen molar-refractivity contribution in [1.82, 2.24) is 15.1 Å². The summed E-state index contributed by atoms with van der Waals surface area (Å²) in [5, 5.41) is 2.89. The van der Waals surface area contributed by atoms with Crippen LogP contribution in [0, 0.1) is 5.92 Å². The Morgan fingerprint density at radius 2 is 1.59 bits per heavy atom. The number of ether oxygens (including phenoxy) is 1. The van der Waals surface area contributed by atoms with Crippen LogP contribution in [0.4, 0.5) is 4.79 Å². The quantitative estimate of drug-likeness (QED) is 0.518. The van der Waals surface area contributed by atoms with Crippen LogP contribution in [0.2, 0.25) is 0 Å². The summed E-state index contributed by atoms with van der Waals surface area (Å²) in [7, 11) is 1.38. The largest absolute Gasteiger partial charge is 0.469 e. The molecule has 2 rings (SSSR count). The molecule has 0 atom stereocenters. The second-order valence-corrected chi connectivity index (χ2v) is 7.68. The van der Waals surface area contributed by atoms with Gasteiger partial charge in [0.2, 0.25) is 5.91 Å². The molecule has 0 bridgehead atoms. The van der Waals surface area contributed by atoms with E-state index in [0.29, 0.717) is 52.0 Å². The molecule has 1 saturated carbocycles. The maximum absolute atomic E-state index is 12.4. The minimum Gasteiger partial charge on any atom is -0.469 e. The standard InChI is InChI=1S/C20H35N3O4/c1-27-19(25)9-5-6-12-21-20(26)23-15-13-22(14-16-23)18(24)11-10-17-7-3-2-4-8-17/h17H,2-16H2,1H3,(H,21,26). The lowest BCUT2D eigenvalue weighted by Gasteiger charge is -2.35. The van der Waals surface area contributed by atoms with Gasteiger partial charge in [-0.3, -0.25) is 9.59 Å². The monoisotopic (exact) mass is 381 g/mol. The van der Waals surface area contributed by atoms with Crippen LogP contribution in [0.1, 0.15) is 64.2 Å². The molecule has 1 aliphatic heterocycles. The van der Waals surface area contributed by atoms with Gasteiger partial charge in [0.15, 0.2) is 0 Å². The fraction of sp³-hybridized carbons (Fsp3) is 0.850. The number of nitrogens with zero attached hydrogens (tertiary/aromatic N) is 2. The zero-order valence-corrected chi connectivity index (χ0v) is 16.7.